The molecule has 2 rings (SSSR count). The Morgan fingerprint density at radius 2 is 2.24 bits per heavy atom. The van der Waals surface area contributed by atoms with Gasteiger partial charge in [0.15, 0.2) is 0 Å². The molecular weight excluding hydrogens is 249 g/mol. The summed E-state index contributed by atoms with van der Waals surface area (Å²) in [5.74, 6) is -2.67. The summed E-state index contributed by atoms with van der Waals surface area (Å²) in [5, 5.41) is 9.06. The standard InChI is InChI=1S/C11H9ClFNO3/c12-8-2-1-7(13)4-9(8)14-5-6(11(16)17)3-10(14)15/h1-2,4,6H,3,5H2,(H,16,17)/t6-/m1/s1. The first kappa shape index (κ1) is 11.9. The molecule has 1 amide bonds. The monoisotopic (exact) mass is 257 g/mol. The van der Waals surface area contributed by atoms with Gasteiger partial charge < -0.3 is 10.0 Å². The number of carboxylic acid groups (broad SMARTS) is 1. The highest BCUT2D eigenvalue weighted by atomic mass is 35.5. The molecule has 1 aromatic rings. The van der Waals surface area contributed by atoms with Crippen molar-refractivity contribution in [2.45, 2.75) is 6.42 Å². The topological polar surface area (TPSA) is 57.6 Å². The van der Waals surface area contributed by atoms with Crippen LogP contribution in [0.15, 0.2) is 18.2 Å². The number of amides is 1. The van der Waals surface area contributed by atoms with Gasteiger partial charge in [0.1, 0.15) is 5.82 Å². The van der Waals surface area contributed by atoms with Crippen molar-refractivity contribution < 1.29 is 19.1 Å². The van der Waals surface area contributed by atoms with E-state index in [-0.39, 0.29) is 29.6 Å². The quantitative estimate of drug-likeness (QED) is 0.881. The minimum atomic E-state index is -1.03. The van der Waals surface area contributed by atoms with Gasteiger partial charge >= 0.3 is 5.97 Å². The van der Waals surface area contributed by atoms with Crippen LogP contribution < -0.4 is 4.90 Å². The molecule has 1 aliphatic heterocycles. The highest BCUT2D eigenvalue weighted by molar-refractivity contribution is 6.33. The third-order valence-electron chi connectivity index (χ3n) is 2.67. The molecule has 1 N–H and O–H groups in total. The normalized spacial score (nSPS) is 19.8. The van der Waals surface area contributed by atoms with E-state index in [9.17, 15) is 14.0 Å². The zero-order valence-electron chi connectivity index (χ0n) is 8.69. The van der Waals surface area contributed by atoms with Crippen molar-refractivity contribution in [2.24, 2.45) is 5.92 Å². The lowest BCUT2D eigenvalue weighted by Crippen LogP contribution is -2.26. The Bertz CT molecular complexity index is 492. The van der Waals surface area contributed by atoms with E-state index < -0.39 is 17.7 Å². The summed E-state index contributed by atoms with van der Waals surface area (Å²) in [6.07, 6.45) is -0.0812. The molecule has 0 spiro atoms. The van der Waals surface area contributed by atoms with Gasteiger partial charge in [0.25, 0.3) is 0 Å². The molecule has 6 heteroatoms. The van der Waals surface area contributed by atoms with Crippen LogP contribution in [-0.4, -0.2) is 23.5 Å². The number of aliphatic carboxylic acids is 1. The molecular formula is C11H9ClFNO3. The van der Waals surface area contributed by atoms with Crippen LogP contribution in [0.25, 0.3) is 0 Å². The van der Waals surface area contributed by atoms with Gasteiger partial charge in [0.2, 0.25) is 5.91 Å². The first-order chi connectivity index (χ1) is 7.99. The minimum Gasteiger partial charge on any atom is -0.481 e. The number of carboxylic acids is 1. The number of hydrogen-bond acceptors (Lipinski definition) is 2. The lowest BCUT2D eigenvalue weighted by atomic mass is 10.1. The molecule has 0 saturated carbocycles. The second kappa shape index (κ2) is 4.33. The number of rotatable bonds is 2. The molecule has 90 valence electrons. The van der Waals surface area contributed by atoms with Crippen molar-refractivity contribution >= 4 is 29.2 Å². The Kier molecular flexibility index (Phi) is 3.02. The Morgan fingerprint density at radius 3 is 2.82 bits per heavy atom. The van der Waals surface area contributed by atoms with E-state index in [1.165, 1.54) is 17.0 Å². The zero-order valence-corrected chi connectivity index (χ0v) is 9.45. The van der Waals surface area contributed by atoms with Crippen LogP contribution in [0.3, 0.4) is 0 Å². The van der Waals surface area contributed by atoms with Crippen molar-refractivity contribution in [2.75, 3.05) is 11.4 Å². The summed E-state index contributed by atoms with van der Waals surface area (Å²) in [7, 11) is 0. The molecule has 0 aromatic heterocycles. The van der Waals surface area contributed by atoms with Crippen LogP contribution >= 0.6 is 11.6 Å². The fourth-order valence-corrected chi connectivity index (χ4v) is 2.02. The van der Waals surface area contributed by atoms with Crippen LogP contribution in [0.1, 0.15) is 6.42 Å². The average molecular weight is 258 g/mol. The number of halogens is 2. The van der Waals surface area contributed by atoms with Crippen molar-refractivity contribution in [1.29, 1.82) is 0 Å². The number of benzene rings is 1. The average Bonchev–Trinajstić information content (AvgIpc) is 2.64. The van der Waals surface area contributed by atoms with Crippen molar-refractivity contribution in [1.82, 2.24) is 0 Å². The van der Waals surface area contributed by atoms with Crippen LogP contribution in [0.2, 0.25) is 5.02 Å². The second-order valence-electron chi connectivity index (χ2n) is 3.84. The van der Waals surface area contributed by atoms with Gasteiger partial charge in [-0.1, -0.05) is 11.6 Å². The Labute approximate surface area is 102 Å². The molecule has 17 heavy (non-hydrogen) atoms. The van der Waals surface area contributed by atoms with Crippen LogP contribution in [0.5, 0.6) is 0 Å². The van der Waals surface area contributed by atoms with Gasteiger partial charge in [-0.05, 0) is 18.2 Å². The molecule has 0 radical (unpaired) electrons. The number of carbonyl (C=O) groups excluding carboxylic acids is 1. The maximum Gasteiger partial charge on any atom is 0.308 e. The molecule has 1 aliphatic rings. The predicted octanol–water partition coefficient (Wildman–Crippen LogP) is 1.92. The predicted molar refractivity (Wildman–Crippen MR) is 59.5 cm³/mol. The van der Waals surface area contributed by atoms with Crippen molar-refractivity contribution in [3.63, 3.8) is 0 Å². The van der Waals surface area contributed by atoms with Gasteiger partial charge in [0, 0.05) is 13.0 Å². The summed E-state index contributed by atoms with van der Waals surface area (Å²) in [6.45, 7) is 0.0251. The first-order valence-electron chi connectivity index (χ1n) is 4.97. The molecule has 4 nitrogen and oxygen atoms in total. The number of nitrogens with zero attached hydrogens (tertiary/aromatic N) is 1. The van der Waals surface area contributed by atoms with Crippen molar-refractivity contribution in [3.8, 4) is 0 Å². The van der Waals surface area contributed by atoms with E-state index in [4.69, 9.17) is 16.7 Å². The smallest absolute Gasteiger partial charge is 0.308 e. The third kappa shape index (κ3) is 2.24. The molecule has 1 atom stereocenters. The van der Waals surface area contributed by atoms with E-state index in [1.54, 1.807) is 0 Å². The Balaban J connectivity index is 2.32. The summed E-state index contributed by atoms with van der Waals surface area (Å²) in [6, 6.07) is 3.65. The molecule has 1 aromatic carbocycles. The lowest BCUT2D eigenvalue weighted by molar-refractivity contribution is -0.141. The van der Waals surface area contributed by atoms with E-state index in [0.717, 1.165) is 6.07 Å². The highest BCUT2D eigenvalue weighted by Crippen LogP contribution is 2.31. The van der Waals surface area contributed by atoms with Gasteiger partial charge in [-0.3, -0.25) is 9.59 Å². The Morgan fingerprint density at radius 1 is 1.53 bits per heavy atom. The summed E-state index contributed by atoms with van der Waals surface area (Å²) < 4.78 is 13.1. The van der Waals surface area contributed by atoms with Gasteiger partial charge in [-0.15, -0.1) is 0 Å². The largest absolute Gasteiger partial charge is 0.481 e. The third-order valence-corrected chi connectivity index (χ3v) is 2.99. The summed E-state index contributed by atoms with van der Waals surface area (Å²) in [5.41, 5.74) is 0.223. The lowest BCUT2D eigenvalue weighted by Gasteiger charge is -2.17. The maximum absolute atomic E-state index is 13.1. The van der Waals surface area contributed by atoms with Gasteiger partial charge in [-0.25, -0.2) is 4.39 Å². The van der Waals surface area contributed by atoms with Crippen molar-refractivity contribution in [3.05, 3.63) is 29.0 Å². The second-order valence-corrected chi connectivity index (χ2v) is 4.25. The molecule has 1 fully saturated rings. The molecule has 0 unspecified atom stereocenters. The number of anilines is 1. The van der Waals surface area contributed by atoms with E-state index in [2.05, 4.69) is 0 Å². The van der Waals surface area contributed by atoms with Crippen LogP contribution in [-0.2, 0) is 9.59 Å². The fourth-order valence-electron chi connectivity index (χ4n) is 1.80. The van der Waals surface area contributed by atoms with E-state index in [0.29, 0.717) is 0 Å². The minimum absolute atomic E-state index is 0.0251. The SMILES string of the molecule is O=C(O)[C@@H]1CC(=O)N(c2cc(F)ccc2Cl)C1. The molecule has 0 aliphatic carbocycles. The number of carbonyl (C=O) groups is 2. The zero-order chi connectivity index (χ0) is 12.6. The molecule has 1 heterocycles. The van der Waals surface area contributed by atoms with Gasteiger partial charge in [-0.2, -0.15) is 0 Å². The van der Waals surface area contributed by atoms with Crippen LogP contribution in [0, 0.1) is 11.7 Å². The maximum atomic E-state index is 13.1. The van der Waals surface area contributed by atoms with Crippen LogP contribution in [0.4, 0.5) is 10.1 Å². The summed E-state index contributed by atoms with van der Waals surface area (Å²) in [4.78, 5) is 23.6. The molecule has 1 saturated heterocycles. The highest BCUT2D eigenvalue weighted by Gasteiger charge is 2.35. The first-order valence-corrected chi connectivity index (χ1v) is 5.35. The Hall–Kier alpha value is -1.62. The van der Waals surface area contributed by atoms with Gasteiger partial charge in [0.05, 0.1) is 16.6 Å². The van der Waals surface area contributed by atoms with E-state index in [1.807, 2.05) is 0 Å². The fraction of sp³-hybridized carbons (Fsp3) is 0.273. The van der Waals surface area contributed by atoms with E-state index >= 15 is 0 Å². The summed E-state index contributed by atoms with van der Waals surface area (Å²) >= 11 is 5.86. The number of hydrogen-bond donors (Lipinski definition) is 1. The molecule has 0 bridgehead atoms.